The molecule has 1 unspecified atom stereocenters. The van der Waals surface area contributed by atoms with Gasteiger partial charge in [-0.3, -0.25) is 9.48 Å². The molecular formula is C30H29FN4OS. The fraction of sp³-hybridized carbons (Fsp3) is 0.200. The molecule has 3 aromatic carbocycles. The Bertz CT molecular complexity index is 1630. The summed E-state index contributed by atoms with van der Waals surface area (Å²) < 4.78 is 19.3. The molecule has 37 heavy (non-hydrogen) atoms. The zero-order valence-corrected chi connectivity index (χ0v) is 22.0. The van der Waals surface area contributed by atoms with Gasteiger partial charge in [0.15, 0.2) is 10.5 Å². The van der Waals surface area contributed by atoms with Crippen LogP contribution in [0.2, 0.25) is 0 Å². The number of hydrogen-bond acceptors (Lipinski definition) is 3. The Morgan fingerprint density at radius 3 is 2.27 bits per heavy atom. The van der Waals surface area contributed by atoms with Crippen molar-refractivity contribution in [2.75, 3.05) is 0 Å². The molecule has 5 nitrogen and oxygen atoms in total. The summed E-state index contributed by atoms with van der Waals surface area (Å²) in [7, 11) is 1.87. The highest BCUT2D eigenvalue weighted by Crippen LogP contribution is 2.27. The number of nitrogens with zero attached hydrogens (tertiary/aromatic N) is 4. The van der Waals surface area contributed by atoms with E-state index in [2.05, 4.69) is 35.8 Å². The van der Waals surface area contributed by atoms with Crippen molar-refractivity contribution in [1.82, 2.24) is 13.9 Å². The lowest BCUT2D eigenvalue weighted by Crippen LogP contribution is -2.22. The van der Waals surface area contributed by atoms with Gasteiger partial charge < -0.3 is 4.57 Å². The van der Waals surface area contributed by atoms with Crippen molar-refractivity contribution in [2.45, 2.75) is 32.7 Å². The maximum absolute atomic E-state index is 13.7. The number of hydrogen-bond donors (Lipinski definition) is 0. The lowest BCUT2D eigenvalue weighted by atomic mass is 10.1. The van der Waals surface area contributed by atoms with Crippen molar-refractivity contribution in [3.05, 3.63) is 123 Å². The molecule has 5 aromatic rings. The number of halogens is 1. The van der Waals surface area contributed by atoms with E-state index in [1.165, 1.54) is 29.0 Å². The molecule has 0 aliphatic carbocycles. The predicted octanol–water partition coefficient (Wildman–Crippen LogP) is 6.58. The molecule has 2 heterocycles. The molecule has 188 valence electrons. The van der Waals surface area contributed by atoms with Crippen LogP contribution in [0.25, 0.3) is 16.9 Å². The zero-order valence-electron chi connectivity index (χ0n) is 21.1. The fourth-order valence-electron chi connectivity index (χ4n) is 4.59. The van der Waals surface area contributed by atoms with E-state index < -0.39 is 0 Å². The topological polar surface area (TPSA) is 44.2 Å². The minimum atomic E-state index is -0.270. The summed E-state index contributed by atoms with van der Waals surface area (Å²) in [6.45, 7) is 4.08. The van der Waals surface area contributed by atoms with Crippen LogP contribution in [0, 0.1) is 12.7 Å². The Kier molecular flexibility index (Phi) is 7.06. The van der Waals surface area contributed by atoms with E-state index in [0.29, 0.717) is 5.69 Å². The van der Waals surface area contributed by atoms with Crippen molar-refractivity contribution >= 4 is 17.0 Å². The van der Waals surface area contributed by atoms with Gasteiger partial charge in [0.2, 0.25) is 0 Å². The first kappa shape index (κ1) is 24.7. The van der Waals surface area contributed by atoms with Crippen molar-refractivity contribution < 1.29 is 4.39 Å². The summed E-state index contributed by atoms with van der Waals surface area (Å²) in [5.74, 6) is -0.270. The van der Waals surface area contributed by atoms with Crippen LogP contribution in [0.1, 0.15) is 30.6 Å². The van der Waals surface area contributed by atoms with Crippen LogP contribution in [-0.4, -0.2) is 13.9 Å². The molecule has 0 saturated carbocycles. The van der Waals surface area contributed by atoms with E-state index in [-0.39, 0.29) is 17.4 Å². The number of benzene rings is 3. The highest BCUT2D eigenvalue weighted by atomic mass is 32.1. The molecule has 0 saturated heterocycles. The van der Waals surface area contributed by atoms with E-state index in [4.69, 9.17) is 4.99 Å². The molecular weight excluding hydrogens is 483 g/mol. The Hall–Kier alpha value is -3.97. The lowest BCUT2D eigenvalue weighted by molar-refractivity contribution is 0.501. The molecule has 0 radical (unpaired) electrons. The Labute approximate surface area is 219 Å². The summed E-state index contributed by atoms with van der Waals surface area (Å²) in [6.07, 6.45) is 1.81. The maximum Gasteiger partial charge on any atom is 0.297 e. The van der Waals surface area contributed by atoms with Crippen LogP contribution in [0.3, 0.4) is 0 Å². The molecule has 0 aliphatic heterocycles. The van der Waals surface area contributed by atoms with Gasteiger partial charge in [-0.2, -0.15) is 0 Å². The van der Waals surface area contributed by atoms with Crippen molar-refractivity contribution in [3.8, 4) is 16.9 Å². The molecule has 1 atom stereocenters. The van der Waals surface area contributed by atoms with E-state index in [0.717, 1.165) is 40.3 Å². The quantitative estimate of drug-likeness (QED) is 0.243. The van der Waals surface area contributed by atoms with E-state index in [1.807, 2.05) is 60.4 Å². The van der Waals surface area contributed by atoms with E-state index in [9.17, 15) is 9.18 Å². The van der Waals surface area contributed by atoms with E-state index in [1.54, 1.807) is 16.8 Å². The predicted molar refractivity (Wildman–Crippen MR) is 148 cm³/mol. The maximum atomic E-state index is 13.7. The van der Waals surface area contributed by atoms with Crippen LogP contribution in [0.5, 0.6) is 0 Å². The second kappa shape index (κ2) is 10.6. The molecule has 7 heteroatoms. The smallest absolute Gasteiger partial charge is 0.297 e. The monoisotopic (exact) mass is 512 g/mol. The van der Waals surface area contributed by atoms with Gasteiger partial charge in [-0.25, -0.2) is 14.1 Å². The van der Waals surface area contributed by atoms with Crippen molar-refractivity contribution in [1.29, 1.82) is 0 Å². The van der Waals surface area contributed by atoms with Gasteiger partial charge in [-0.05, 0) is 74.2 Å². The number of aryl methyl sites for hydroxylation is 1. The minimum absolute atomic E-state index is 0.102. The Morgan fingerprint density at radius 2 is 1.59 bits per heavy atom. The second-order valence-electron chi connectivity index (χ2n) is 9.18. The van der Waals surface area contributed by atoms with Crippen LogP contribution in [0.4, 0.5) is 10.1 Å². The van der Waals surface area contributed by atoms with Gasteiger partial charge in [0.1, 0.15) is 5.82 Å². The number of aromatic nitrogens is 3. The van der Waals surface area contributed by atoms with Crippen molar-refractivity contribution in [2.24, 2.45) is 12.0 Å². The highest BCUT2D eigenvalue weighted by Gasteiger charge is 2.19. The first-order valence-electron chi connectivity index (χ1n) is 12.3. The zero-order chi connectivity index (χ0) is 25.9. The summed E-state index contributed by atoms with van der Waals surface area (Å²) in [5, 5.41) is 2.04. The normalized spacial score (nSPS) is 12.7. The third-order valence-corrected chi connectivity index (χ3v) is 7.59. The lowest BCUT2D eigenvalue weighted by Gasteiger charge is -2.17. The Balaban J connectivity index is 1.62. The summed E-state index contributed by atoms with van der Waals surface area (Å²) in [6, 6.07) is 26.6. The number of thiazole rings is 1. The van der Waals surface area contributed by atoms with Crippen LogP contribution < -0.4 is 10.4 Å². The average Bonchev–Trinajstić information content (AvgIpc) is 3.43. The first-order chi connectivity index (χ1) is 17.9. The van der Waals surface area contributed by atoms with Gasteiger partial charge in [0.05, 0.1) is 17.1 Å². The highest BCUT2D eigenvalue weighted by molar-refractivity contribution is 7.07. The largest absolute Gasteiger partial charge is 0.314 e. The van der Waals surface area contributed by atoms with Gasteiger partial charge in [0.25, 0.3) is 5.56 Å². The molecule has 0 spiro atoms. The van der Waals surface area contributed by atoms with Crippen LogP contribution in [-0.2, 0) is 13.5 Å². The average molecular weight is 513 g/mol. The molecule has 0 bridgehead atoms. The van der Waals surface area contributed by atoms with E-state index >= 15 is 0 Å². The number of para-hydroxylation sites is 1. The first-order valence-corrected chi connectivity index (χ1v) is 13.2. The second-order valence-corrected chi connectivity index (χ2v) is 10.0. The molecule has 2 aromatic heterocycles. The summed E-state index contributed by atoms with van der Waals surface area (Å²) in [4.78, 5) is 19.2. The molecule has 0 N–H and O–H groups in total. The standard InChI is InChI=1S/C30H29FN4OS/c1-21(14-15-23-10-6-4-7-11-23)34-27(24-16-18-25(31)19-17-24)20-37-30(34)32-28-22(2)33(3)35(29(28)36)26-12-8-5-9-13-26/h4-13,16-21H,14-15H2,1-3H3. The van der Waals surface area contributed by atoms with Gasteiger partial charge in [0, 0.05) is 18.5 Å². The third kappa shape index (κ3) is 5.00. The van der Waals surface area contributed by atoms with Crippen LogP contribution in [0.15, 0.2) is 100 Å². The molecule has 0 amide bonds. The van der Waals surface area contributed by atoms with Gasteiger partial charge in [-0.15, -0.1) is 11.3 Å². The van der Waals surface area contributed by atoms with Crippen LogP contribution >= 0.6 is 11.3 Å². The molecule has 0 fully saturated rings. The number of rotatable bonds is 7. The SMILES string of the molecule is Cc1c(N=c2scc(-c3ccc(F)cc3)n2C(C)CCc2ccccc2)c(=O)n(-c2ccccc2)n1C. The van der Waals surface area contributed by atoms with Crippen molar-refractivity contribution in [3.63, 3.8) is 0 Å². The fourth-order valence-corrected chi connectivity index (χ4v) is 5.59. The summed E-state index contributed by atoms with van der Waals surface area (Å²) >= 11 is 1.49. The van der Waals surface area contributed by atoms with Gasteiger partial charge in [-0.1, -0.05) is 48.5 Å². The minimum Gasteiger partial charge on any atom is -0.314 e. The molecule has 0 aliphatic rings. The Morgan fingerprint density at radius 1 is 0.946 bits per heavy atom. The van der Waals surface area contributed by atoms with Gasteiger partial charge >= 0.3 is 0 Å². The third-order valence-electron chi connectivity index (χ3n) is 6.75. The summed E-state index contributed by atoms with van der Waals surface area (Å²) in [5.41, 5.74) is 4.99. The molecule has 5 rings (SSSR count).